The van der Waals surface area contributed by atoms with E-state index in [0.717, 1.165) is 6.92 Å². The zero-order valence-electron chi connectivity index (χ0n) is 19.2. The van der Waals surface area contributed by atoms with E-state index in [0.29, 0.717) is 30.9 Å². The van der Waals surface area contributed by atoms with Crippen molar-refractivity contribution < 1.29 is 37.7 Å². The fraction of sp³-hybridized carbons (Fsp3) is 0.455. The highest BCUT2D eigenvalue weighted by atomic mass is 19.4. The van der Waals surface area contributed by atoms with Crippen LogP contribution in [-0.2, 0) is 0 Å². The maximum absolute atomic E-state index is 13.3. The number of aliphatic hydroxyl groups is 2. The molecule has 0 aliphatic carbocycles. The van der Waals surface area contributed by atoms with Gasteiger partial charge in [-0.05, 0) is 31.5 Å². The first kappa shape index (κ1) is 25.4. The Kier molecular flexibility index (Phi) is 7.17. The van der Waals surface area contributed by atoms with Gasteiger partial charge in [0.2, 0.25) is 0 Å². The number of carbonyl (C=O) groups is 2. The molecule has 0 aromatic carbocycles. The Balaban J connectivity index is 1.55. The number of pyridine rings is 2. The van der Waals surface area contributed by atoms with Gasteiger partial charge < -0.3 is 25.2 Å². The molecule has 2 bridgehead atoms. The topological polar surface area (TPSA) is 140 Å². The van der Waals surface area contributed by atoms with Crippen LogP contribution in [-0.4, -0.2) is 82.8 Å². The molecule has 2 aliphatic rings. The smallest absolute Gasteiger partial charge is 0.408 e. The number of aromatic nitrogens is 2. The highest BCUT2D eigenvalue weighted by Crippen LogP contribution is 2.39. The zero-order valence-corrected chi connectivity index (χ0v) is 19.2. The van der Waals surface area contributed by atoms with Crippen molar-refractivity contribution in [2.75, 3.05) is 41.4 Å². The van der Waals surface area contributed by atoms with Gasteiger partial charge in [0.25, 0.3) is 5.91 Å². The first-order valence-corrected chi connectivity index (χ1v) is 11.2. The number of ether oxygens (including phenoxy) is 1. The van der Waals surface area contributed by atoms with Crippen LogP contribution in [0.15, 0.2) is 30.5 Å². The number of rotatable bonds is 7. The van der Waals surface area contributed by atoms with Crippen LogP contribution in [0.5, 0.6) is 5.75 Å². The molecule has 2 aliphatic heterocycles. The third kappa shape index (κ3) is 5.44. The lowest BCUT2D eigenvalue weighted by Gasteiger charge is -2.35. The number of carbonyl (C=O) groups excluding carboxylic acids is 2. The second kappa shape index (κ2) is 10.1. The number of nitrogens with one attached hydrogen (secondary N) is 2. The Morgan fingerprint density at radius 2 is 2.08 bits per heavy atom. The standard InChI is InChI=1S/C22H25F3N6O5/c1-12(22(23,24)25)27-20(34)16-2-3-17-19(28-16)31(13-5-7-30(17)9-13)21(35)29-18-8-15(4-6-26-18)36-11-14(33)10-32/h2-4,6,8,12-14,32-33H,5,7,9-11H2,1H3,(H,27,34)(H,26,29,35)/t12-,13+,14-/m1/s1. The highest BCUT2D eigenvalue weighted by Gasteiger charge is 2.41. The molecule has 3 amide bonds. The molecule has 2 aromatic heterocycles. The molecule has 4 heterocycles. The van der Waals surface area contributed by atoms with Crippen LogP contribution >= 0.6 is 0 Å². The third-order valence-corrected chi connectivity index (χ3v) is 5.86. The highest BCUT2D eigenvalue weighted by molar-refractivity contribution is 6.05. The minimum absolute atomic E-state index is 0.144. The SMILES string of the molecule is C[C@@H](NC(=O)c1ccc2c(n1)N(C(=O)Nc1cc(OC[C@H](O)CO)ccn1)[C@H]1CCN2C1)C(F)(F)F. The third-order valence-electron chi connectivity index (χ3n) is 5.86. The number of hydrogen-bond donors (Lipinski definition) is 4. The first-order valence-electron chi connectivity index (χ1n) is 11.2. The van der Waals surface area contributed by atoms with Crippen LogP contribution in [0.4, 0.5) is 35.3 Å². The van der Waals surface area contributed by atoms with Gasteiger partial charge in [0.15, 0.2) is 5.82 Å². The Labute approximate surface area is 203 Å². The number of halogens is 3. The van der Waals surface area contributed by atoms with E-state index in [4.69, 9.17) is 9.84 Å². The Morgan fingerprint density at radius 1 is 1.31 bits per heavy atom. The fourth-order valence-corrected chi connectivity index (χ4v) is 3.93. The van der Waals surface area contributed by atoms with Crippen molar-refractivity contribution in [2.24, 2.45) is 0 Å². The van der Waals surface area contributed by atoms with Crippen LogP contribution in [0.2, 0.25) is 0 Å². The second-order valence-electron chi connectivity index (χ2n) is 8.49. The number of nitrogens with zero attached hydrogens (tertiary/aromatic N) is 4. The van der Waals surface area contributed by atoms with Gasteiger partial charge in [-0.15, -0.1) is 0 Å². The summed E-state index contributed by atoms with van der Waals surface area (Å²) >= 11 is 0. The Morgan fingerprint density at radius 3 is 2.81 bits per heavy atom. The molecule has 0 unspecified atom stereocenters. The lowest BCUT2D eigenvalue weighted by Crippen LogP contribution is -2.49. The number of hydrogen-bond acceptors (Lipinski definition) is 8. The minimum atomic E-state index is -4.61. The molecule has 0 saturated carbocycles. The summed E-state index contributed by atoms with van der Waals surface area (Å²) in [5, 5.41) is 22.9. The van der Waals surface area contributed by atoms with Gasteiger partial charge in [0.1, 0.15) is 36.0 Å². The average molecular weight is 510 g/mol. The van der Waals surface area contributed by atoms with Crippen LogP contribution in [0, 0.1) is 0 Å². The predicted molar refractivity (Wildman–Crippen MR) is 122 cm³/mol. The van der Waals surface area contributed by atoms with Crippen LogP contribution in [0.25, 0.3) is 0 Å². The summed E-state index contributed by atoms with van der Waals surface area (Å²) in [5.41, 5.74) is 0.337. The normalized spacial score (nSPS) is 18.3. The monoisotopic (exact) mass is 510 g/mol. The molecule has 11 nitrogen and oxygen atoms in total. The minimum Gasteiger partial charge on any atom is -0.491 e. The van der Waals surface area contributed by atoms with E-state index in [-0.39, 0.29) is 30.0 Å². The molecule has 4 N–H and O–H groups in total. The number of alkyl halides is 3. The lowest BCUT2D eigenvalue weighted by molar-refractivity contribution is -0.149. The van der Waals surface area contributed by atoms with E-state index in [9.17, 15) is 27.9 Å². The van der Waals surface area contributed by atoms with Crippen molar-refractivity contribution in [3.05, 3.63) is 36.2 Å². The summed E-state index contributed by atoms with van der Waals surface area (Å²) in [6.07, 6.45) is -3.66. The van der Waals surface area contributed by atoms with Gasteiger partial charge in [-0.1, -0.05) is 0 Å². The molecule has 0 radical (unpaired) electrons. The number of fused-ring (bicyclic) bond motifs is 4. The quantitative estimate of drug-likeness (QED) is 0.440. The van der Waals surface area contributed by atoms with E-state index in [1.54, 1.807) is 6.07 Å². The summed E-state index contributed by atoms with van der Waals surface area (Å²) in [6, 6.07) is 2.92. The molecular formula is C22H25F3N6O5. The largest absolute Gasteiger partial charge is 0.491 e. The molecule has 36 heavy (non-hydrogen) atoms. The summed E-state index contributed by atoms with van der Waals surface area (Å²) in [6.45, 7) is 1.39. The molecule has 1 saturated heterocycles. The van der Waals surface area contributed by atoms with Crippen LogP contribution < -0.4 is 25.2 Å². The van der Waals surface area contributed by atoms with Crippen LogP contribution in [0.1, 0.15) is 23.8 Å². The van der Waals surface area contributed by atoms with Gasteiger partial charge in [-0.25, -0.2) is 14.8 Å². The molecule has 2 aromatic rings. The number of anilines is 3. The first-order chi connectivity index (χ1) is 17.1. The van der Waals surface area contributed by atoms with E-state index >= 15 is 0 Å². The Hall–Kier alpha value is -3.65. The van der Waals surface area contributed by atoms with Crippen molar-refractivity contribution >= 4 is 29.3 Å². The molecule has 194 valence electrons. The molecule has 4 rings (SSSR count). The van der Waals surface area contributed by atoms with E-state index in [1.807, 2.05) is 10.2 Å². The molecule has 0 spiro atoms. The van der Waals surface area contributed by atoms with E-state index in [2.05, 4.69) is 15.3 Å². The summed E-state index contributed by atoms with van der Waals surface area (Å²) in [7, 11) is 0. The fourth-order valence-electron chi connectivity index (χ4n) is 3.93. The van der Waals surface area contributed by atoms with Crippen molar-refractivity contribution in [1.29, 1.82) is 0 Å². The van der Waals surface area contributed by atoms with E-state index in [1.165, 1.54) is 29.3 Å². The van der Waals surface area contributed by atoms with E-state index < -0.39 is 36.9 Å². The second-order valence-corrected chi connectivity index (χ2v) is 8.49. The maximum Gasteiger partial charge on any atom is 0.408 e. The van der Waals surface area contributed by atoms with Gasteiger partial charge >= 0.3 is 12.2 Å². The molecule has 14 heteroatoms. The maximum atomic E-state index is 13.3. The number of amides is 3. The predicted octanol–water partition coefficient (Wildman–Crippen LogP) is 1.52. The summed E-state index contributed by atoms with van der Waals surface area (Å²) in [4.78, 5) is 37.4. The number of urea groups is 1. The van der Waals surface area contributed by atoms with Gasteiger partial charge in [-0.2, -0.15) is 13.2 Å². The Bertz CT molecular complexity index is 1130. The zero-order chi connectivity index (χ0) is 26.0. The van der Waals surface area contributed by atoms with Gasteiger partial charge in [0, 0.05) is 25.4 Å². The lowest BCUT2D eigenvalue weighted by atomic mass is 10.1. The van der Waals surface area contributed by atoms with Gasteiger partial charge in [0.05, 0.1) is 18.3 Å². The average Bonchev–Trinajstić information content (AvgIpc) is 3.25. The van der Waals surface area contributed by atoms with Crippen molar-refractivity contribution in [3.8, 4) is 5.75 Å². The van der Waals surface area contributed by atoms with Crippen molar-refractivity contribution in [2.45, 2.75) is 37.7 Å². The van der Waals surface area contributed by atoms with Crippen molar-refractivity contribution in [3.63, 3.8) is 0 Å². The summed E-state index contributed by atoms with van der Waals surface area (Å²) in [5.74, 6) is -0.403. The number of aliphatic hydroxyl groups excluding tert-OH is 2. The molecular weight excluding hydrogens is 485 g/mol. The van der Waals surface area contributed by atoms with Crippen LogP contribution in [0.3, 0.4) is 0 Å². The van der Waals surface area contributed by atoms with Gasteiger partial charge in [-0.3, -0.25) is 15.0 Å². The summed E-state index contributed by atoms with van der Waals surface area (Å²) < 4.78 is 44.0. The molecule has 3 atom stereocenters. The molecule has 1 fully saturated rings. The van der Waals surface area contributed by atoms with Crippen molar-refractivity contribution in [1.82, 2.24) is 15.3 Å².